The maximum Gasteiger partial charge on any atom is 0.129 e. The molecule has 13 heavy (non-hydrogen) atoms. The van der Waals surface area contributed by atoms with Gasteiger partial charge in [0.2, 0.25) is 0 Å². The minimum atomic E-state index is -0.0928. The van der Waals surface area contributed by atoms with Crippen LogP contribution in [0.1, 0.15) is 25.3 Å². The predicted molar refractivity (Wildman–Crippen MR) is 52.4 cm³/mol. The monoisotopic (exact) mass is 194 g/mol. The van der Waals surface area contributed by atoms with E-state index in [2.05, 4.69) is 11.1 Å². The molecule has 0 fully saturated rings. The fraction of sp³-hybridized carbons (Fsp3) is 0.400. The SMILES string of the molecule is CC(C)[C@H](C#N)c1ccc(Cl)nc1. The Labute approximate surface area is 83.2 Å². The summed E-state index contributed by atoms with van der Waals surface area (Å²) >= 11 is 5.65. The van der Waals surface area contributed by atoms with Gasteiger partial charge in [0.25, 0.3) is 0 Å². The molecule has 0 amide bonds. The quantitative estimate of drug-likeness (QED) is 0.679. The van der Waals surface area contributed by atoms with Gasteiger partial charge < -0.3 is 0 Å². The van der Waals surface area contributed by atoms with E-state index < -0.39 is 0 Å². The second kappa shape index (κ2) is 4.25. The number of nitrogens with zero attached hydrogens (tertiary/aromatic N) is 2. The van der Waals surface area contributed by atoms with Gasteiger partial charge in [0, 0.05) is 6.20 Å². The summed E-state index contributed by atoms with van der Waals surface area (Å²) in [6, 6.07) is 5.82. The Kier molecular flexibility index (Phi) is 3.27. The third kappa shape index (κ3) is 2.43. The Morgan fingerprint density at radius 3 is 2.54 bits per heavy atom. The van der Waals surface area contributed by atoms with Crippen LogP contribution in [-0.2, 0) is 0 Å². The van der Waals surface area contributed by atoms with Crippen molar-refractivity contribution in [2.45, 2.75) is 19.8 Å². The molecule has 0 aliphatic carbocycles. The molecular formula is C10H11ClN2. The number of halogens is 1. The van der Waals surface area contributed by atoms with Crippen LogP contribution >= 0.6 is 11.6 Å². The van der Waals surface area contributed by atoms with Gasteiger partial charge in [-0.15, -0.1) is 0 Å². The molecule has 0 bridgehead atoms. The third-order valence-electron chi connectivity index (χ3n) is 1.92. The molecule has 0 saturated heterocycles. The summed E-state index contributed by atoms with van der Waals surface area (Å²) in [5, 5.41) is 9.37. The van der Waals surface area contributed by atoms with Crippen LogP contribution in [0.25, 0.3) is 0 Å². The summed E-state index contributed by atoms with van der Waals surface area (Å²) in [6.07, 6.45) is 1.66. The largest absolute Gasteiger partial charge is 0.244 e. The minimum Gasteiger partial charge on any atom is -0.244 e. The zero-order valence-electron chi connectivity index (χ0n) is 7.66. The molecule has 2 nitrogen and oxygen atoms in total. The summed E-state index contributed by atoms with van der Waals surface area (Å²) < 4.78 is 0. The van der Waals surface area contributed by atoms with Gasteiger partial charge in [0.05, 0.1) is 12.0 Å². The van der Waals surface area contributed by atoms with E-state index in [1.807, 2.05) is 19.9 Å². The second-order valence-corrected chi connectivity index (χ2v) is 3.65. The molecule has 0 saturated carbocycles. The smallest absolute Gasteiger partial charge is 0.129 e. The lowest BCUT2D eigenvalue weighted by molar-refractivity contribution is 0.586. The van der Waals surface area contributed by atoms with Gasteiger partial charge in [-0.25, -0.2) is 4.98 Å². The van der Waals surface area contributed by atoms with Crippen LogP contribution in [0.4, 0.5) is 0 Å². The second-order valence-electron chi connectivity index (χ2n) is 3.27. The molecule has 3 heteroatoms. The molecule has 1 aromatic rings. The van der Waals surface area contributed by atoms with Gasteiger partial charge in [0.1, 0.15) is 5.15 Å². The number of aromatic nitrogens is 1. The Morgan fingerprint density at radius 1 is 1.46 bits per heavy atom. The van der Waals surface area contributed by atoms with Crippen molar-refractivity contribution in [3.8, 4) is 6.07 Å². The van der Waals surface area contributed by atoms with E-state index in [9.17, 15) is 0 Å². The molecule has 0 spiro atoms. The maximum atomic E-state index is 8.91. The predicted octanol–water partition coefficient (Wildman–Crippen LogP) is 3.00. The van der Waals surface area contributed by atoms with Crippen LogP contribution in [-0.4, -0.2) is 4.98 Å². The summed E-state index contributed by atoms with van der Waals surface area (Å²) in [6.45, 7) is 4.03. The molecule has 68 valence electrons. The van der Waals surface area contributed by atoms with Crippen LogP contribution in [0.5, 0.6) is 0 Å². The molecule has 0 aliphatic heterocycles. The van der Waals surface area contributed by atoms with Crippen molar-refractivity contribution in [1.82, 2.24) is 4.98 Å². The van der Waals surface area contributed by atoms with Gasteiger partial charge in [0.15, 0.2) is 0 Å². The molecule has 1 atom stereocenters. The molecule has 0 unspecified atom stereocenters. The standard InChI is InChI=1S/C10H11ClN2/c1-7(2)9(5-12)8-3-4-10(11)13-6-8/h3-4,6-7,9H,1-2H3/t9-/m0/s1. The lowest BCUT2D eigenvalue weighted by Crippen LogP contribution is -2.04. The number of hydrogen-bond acceptors (Lipinski definition) is 2. The topological polar surface area (TPSA) is 36.7 Å². The highest BCUT2D eigenvalue weighted by Crippen LogP contribution is 2.23. The summed E-state index contributed by atoms with van der Waals surface area (Å²) in [5.74, 6) is 0.206. The van der Waals surface area contributed by atoms with E-state index in [0.717, 1.165) is 5.56 Å². The number of pyridine rings is 1. The van der Waals surface area contributed by atoms with Crippen LogP contribution < -0.4 is 0 Å². The molecule has 0 radical (unpaired) electrons. The van der Waals surface area contributed by atoms with Crippen molar-refractivity contribution in [2.75, 3.05) is 0 Å². The Balaban J connectivity index is 2.94. The third-order valence-corrected chi connectivity index (χ3v) is 2.14. The molecule has 1 rings (SSSR count). The average Bonchev–Trinajstić information content (AvgIpc) is 2.09. The molecule has 0 aromatic carbocycles. The highest BCUT2D eigenvalue weighted by molar-refractivity contribution is 6.29. The summed E-state index contributed by atoms with van der Waals surface area (Å²) in [5.41, 5.74) is 0.932. The van der Waals surface area contributed by atoms with Crippen molar-refractivity contribution in [3.05, 3.63) is 29.0 Å². The first-order valence-electron chi connectivity index (χ1n) is 4.16. The van der Waals surface area contributed by atoms with E-state index in [0.29, 0.717) is 11.1 Å². The van der Waals surface area contributed by atoms with Crippen LogP contribution in [0.2, 0.25) is 5.15 Å². The number of nitriles is 1. The zero-order valence-corrected chi connectivity index (χ0v) is 8.42. The van der Waals surface area contributed by atoms with Crippen molar-refractivity contribution in [3.63, 3.8) is 0 Å². The fourth-order valence-electron chi connectivity index (χ4n) is 1.18. The fourth-order valence-corrected chi connectivity index (χ4v) is 1.29. The summed E-state index contributed by atoms with van der Waals surface area (Å²) in [4.78, 5) is 3.94. The minimum absolute atomic E-state index is 0.0928. The Hall–Kier alpha value is -1.07. The van der Waals surface area contributed by atoms with Crippen molar-refractivity contribution in [1.29, 1.82) is 5.26 Å². The molecule has 0 aliphatic rings. The van der Waals surface area contributed by atoms with E-state index in [4.69, 9.17) is 16.9 Å². The van der Waals surface area contributed by atoms with Crippen LogP contribution in [0.3, 0.4) is 0 Å². The zero-order chi connectivity index (χ0) is 9.84. The lowest BCUT2D eigenvalue weighted by atomic mass is 9.91. The van der Waals surface area contributed by atoms with E-state index in [-0.39, 0.29) is 5.92 Å². The van der Waals surface area contributed by atoms with E-state index in [1.54, 1.807) is 12.3 Å². The van der Waals surface area contributed by atoms with Gasteiger partial charge >= 0.3 is 0 Å². The van der Waals surface area contributed by atoms with Gasteiger partial charge in [-0.1, -0.05) is 31.5 Å². The van der Waals surface area contributed by atoms with Crippen molar-refractivity contribution < 1.29 is 0 Å². The first-order valence-corrected chi connectivity index (χ1v) is 4.54. The van der Waals surface area contributed by atoms with Crippen LogP contribution in [0, 0.1) is 17.2 Å². The normalized spacial score (nSPS) is 12.5. The Bertz CT molecular complexity index is 311. The van der Waals surface area contributed by atoms with Gasteiger partial charge in [-0.05, 0) is 17.5 Å². The van der Waals surface area contributed by atoms with Gasteiger partial charge in [-0.2, -0.15) is 5.26 Å². The number of hydrogen-bond donors (Lipinski definition) is 0. The van der Waals surface area contributed by atoms with Crippen molar-refractivity contribution >= 4 is 11.6 Å². The molecular weight excluding hydrogens is 184 g/mol. The molecule has 1 aromatic heterocycles. The first-order chi connectivity index (χ1) is 6.15. The van der Waals surface area contributed by atoms with E-state index in [1.165, 1.54) is 0 Å². The number of rotatable bonds is 2. The van der Waals surface area contributed by atoms with Gasteiger partial charge in [-0.3, -0.25) is 0 Å². The van der Waals surface area contributed by atoms with Crippen LogP contribution in [0.15, 0.2) is 18.3 Å². The highest BCUT2D eigenvalue weighted by Gasteiger charge is 2.14. The van der Waals surface area contributed by atoms with Crippen molar-refractivity contribution in [2.24, 2.45) is 5.92 Å². The Morgan fingerprint density at radius 2 is 2.15 bits per heavy atom. The first kappa shape index (κ1) is 10.0. The lowest BCUT2D eigenvalue weighted by Gasteiger charge is -2.12. The van der Waals surface area contributed by atoms with E-state index >= 15 is 0 Å². The highest BCUT2D eigenvalue weighted by atomic mass is 35.5. The molecule has 1 heterocycles. The average molecular weight is 195 g/mol. The maximum absolute atomic E-state index is 8.91. The summed E-state index contributed by atoms with van der Waals surface area (Å²) in [7, 11) is 0. The molecule has 0 N–H and O–H groups in total.